The second-order valence-electron chi connectivity index (χ2n) is 13.9. The number of nitrogens with zero attached hydrogens (tertiary/aromatic N) is 1. The van der Waals surface area contributed by atoms with Gasteiger partial charge in [0.2, 0.25) is 0 Å². The smallest absolute Gasteiger partial charge is 0.0731 e. The van der Waals surface area contributed by atoms with Gasteiger partial charge in [-0.2, -0.15) is 0 Å². The SMILES string of the molecule is Cc1ccc(N(c2ccc3c4c(ccc3c2)-c2c(ccc3ccccc23)C42c3ccccc3-c3ccccc32)c2cc(C)ccc2C)cc1. The van der Waals surface area contributed by atoms with Gasteiger partial charge in [-0.25, -0.2) is 0 Å². The number of fused-ring (bicyclic) bond motifs is 14. The third kappa shape index (κ3) is 3.82. The second-order valence-corrected chi connectivity index (χ2v) is 13.9. The Morgan fingerprint density at radius 1 is 0.429 bits per heavy atom. The van der Waals surface area contributed by atoms with Gasteiger partial charge in [0, 0.05) is 17.1 Å². The van der Waals surface area contributed by atoms with Crippen LogP contribution in [0.25, 0.3) is 43.8 Å². The van der Waals surface area contributed by atoms with Gasteiger partial charge in [0.1, 0.15) is 0 Å². The summed E-state index contributed by atoms with van der Waals surface area (Å²) < 4.78 is 0. The molecule has 2 aliphatic carbocycles. The molecule has 0 fully saturated rings. The van der Waals surface area contributed by atoms with Crippen molar-refractivity contribution >= 4 is 38.6 Å². The second kappa shape index (κ2) is 10.3. The maximum absolute atomic E-state index is 2.42. The lowest BCUT2D eigenvalue weighted by Crippen LogP contribution is -2.26. The quantitative estimate of drug-likeness (QED) is 0.189. The van der Waals surface area contributed by atoms with Crippen LogP contribution >= 0.6 is 0 Å². The zero-order chi connectivity index (χ0) is 32.9. The molecule has 0 N–H and O–H groups in total. The first-order valence-electron chi connectivity index (χ1n) is 17.3. The van der Waals surface area contributed by atoms with E-state index in [1.165, 1.54) is 88.4 Å². The van der Waals surface area contributed by atoms with Crippen molar-refractivity contribution in [1.82, 2.24) is 0 Å². The predicted octanol–water partition coefficient (Wildman–Crippen LogP) is 12.7. The van der Waals surface area contributed by atoms with E-state index in [-0.39, 0.29) is 0 Å². The summed E-state index contributed by atoms with van der Waals surface area (Å²) in [5.74, 6) is 0. The molecule has 1 nitrogen and oxygen atoms in total. The molecule has 8 aromatic carbocycles. The maximum atomic E-state index is 2.42. The van der Waals surface area contributed by atoms with Crippen LogP contribution in [0.5, 0.6) is 0 Å². The van der Waals surface area contributed by atoms with E-state index in [2.05, 4.69) is 183 Å². The third-order valence-corrected chi connectivity index (χ3v) is 11.1. The molecule has 0 saturated carbocycles. The minimum atomic E-state index is -0.410. The molecule has 0 radical (unpaired) electrons. The zero-order valence-corrected chi connectivity index (χ0v) is 28.0. The highest BCUT2D eigenvalue weighted by molar-refractivity contribution is 6.11. The minimum absolute atomic E-state index is 0.410. The van der Waals surface area contributed by atoms with Crippen LogP contribution < -0.4 is 4.90 Å². The highest BCUT2D eigenvalue weighted by atomic mass is 15.1. The summed E-state index contributed by atoms with van der Waals surface area (Å²) in [6.45, 7) is 6.54. The molecule has 0 bridgehead atoms. The van der Waals surface area contributed by atoms with Crippen LogP contribution in [0, 0.1) is 20.8 Å². The average molecular weight is 626 g/mol. The van der Waals surface area contributed by atoms with Gasteiger partial charge < -0.3 is 4.90 Å². The van der Waals surface area contributed by atoms with E-state index >= 15 is 0 Å². The van der Waals surface area contributed by atoms with Crippen LogP contribution in [0.2, 0.25) is 0 Å². The van der Waals surface area contributed by atoms with Crippen molar-refractivity contribution < 1.29 is 0 Å². The average Bonchev–Trinajstić information content (AvgIpc) is 3.61. The minimum Gasteiger partial charge on any atom is -0.310 e. The van der Waals surface area contributed by atoms with Crippen molar-refractivity contribution in [2.75, 3.05) is 4.90 Å². The number of hydrogen-bond acceptors (Lipinski definition) is 1. The largest absolute Gasteiger partial charge is 0.310 e. The molecule has 0 unspecified atom stereocenters. The number of rotatable bonds is 3. The fourth-order valence-corrected chi connectivity index (χ4v) is 8.95. The predicted molar refractivity (Wildman–Crippen MR) is 207 cm³/mol. The Bertz CT molecular complexity index is 2600. The lowest BCUT2D eigenvalue weighted by Gasteiger charge is -2.32. The lowest BCUT2D eigenvalue weighted by atomic mass is 9.69. The third-order valence-electron chi connectivity index (χ3n) is 11.1. The Morgan fingerprint density at radius 3 is 1.86 bits per heavy atom. The summed E-state index contributed by atoms with van der Waals surface area (Å²) in [5.41, 5.74) is 17.8. The summed E-state index contributed by atoms with van der Waals surface area (Å²) in [6.07, 6.45) is 0. The van der Waals surface area contributed by atoms with E-state index in [0.717, 1.165) is 11.4 Å². The molecule has 0 aromatic heterocycles. The van der Waals surface area contributed by atoms with E-state index in [0.29, 0.717) is 0 Å². The molecular weight excluding hydrogens is 591 g/mol. The molecule has 1 heteroatoms. The van der Waals surface area contributed by atoms with E-state index in [4.69, 9.17) is 0 Å². The molecule has 0 saturated heterocycles. The fraction of sp³-hybridized carbons (Fsp3) is 0.0833. The number of benzene rings is 8. The topological polar surface area (TPSA) is 3.24 Å². The van der Waals surface area contributed by atoms with Crippen LogP contribution in [0.4, 0.5) is 17.1 Å². The van der Waals surface area contributed by atoms with Crippen molar-refractivity contribution in [3.8, 4) is 22.3 Å². The Labute approximate surface area is 287 Å². The first-order valence-corrected chi connectivity index (χ1v) is 17.3. The van der Waals surface area contributed by atoms with Gasteiger partial charge in [-0.3, -0.25) is 0 Å². The van der Waals surface area contributed by atoms with Crippen molar-refractivity contribution in [3.63, 3.8) is 0 Å². The summed E-state index contributed by atoms with van der Waals surface area (Å²) in [7, 11) is 0. The van der Waals surface area contributed by atoms with Gasteiger partial charge in [-0.1, -0.05) is 133 Å². The monoisotopic (exact) mass is 625 g/mol. The normalized spacial score (nSPS) is 13.4. The van der Waals surface area contributed by atoms with Gasteiger partial charge in [0.15, 0.2) is 0 Å². The molecule has 10 rings (SSSR count). The summed E-state index contributed by atoms with van der Waals surface area (Å²) in [6, 6.07) is 59.4. The number of anilines is 3. The molecule has 0 amide bonds. The van der Waals surface area contributed by atoms with Crippen molar-refractivity contribution in [3.05, 3.63) is 197 Å². The summed E-state index contributed by atoms with van der Waals surface area (Å²) in [4.78, 5) is 2.42. The van der Waals surface area contributed by atoms with E-state index < -0.39 is 5.41 Å². The Balaban J connectivity index is 1.30. The molecule has 0 atom stereocenters. The first-order chi connectivity index (χ1) is 24.0. The Morgan fingerprint density at radius 2 is 1.08 bits per heavy atom. The molecule has 232 valence electrons. The van der Waals surface area contributed by atoms with Gasteiger partial charge in [-0.05, 0) is 128 Å². The van der Waals surface area contributed by atoms with E-state index in [9.17, 15) is 0 Å². The fourth-order valence-electron chi connectivity index (χ4n) is 8.95. The lowest BCUT2D eigenvalue weighted by molar-refractivity contribution is 0.802. The molecule has 2 aliphatic rings. The van der Waals surface area contributed by atoms with Crippen LogP contribution in [0.3, 0.4) is 0 Å². The van der Waals surface area contributed by atoms with Crippen LogP contribution in [0.15, 0.2) is 158 Å². The molecule has 49 heavy (non-hydrogen) atoms. The van der Waals surface area contributed by atoms with E-state index in [1.807, 2.05) is 0 Å². The van der Waals surface area contributed by atoms with Crippen molar-refractivity contribution in [2.45, 2.75) is 26.2 Å². The highest BCUT2D eigenvalue weighted by Crippen LogP contribution is 2.65. The van der Waals surface area contributed by atoms with E-state index in [1.54, 1.807) is 0 Å². The maximum Gasteiger partial charge on any atom is 0.0731 e. The van der Waals surface area contributed by atoms with Crippen molar-refractivity contribution in [2.24, 2.45) is 0 Å². The summed E-state index contributed by atoms with van der Waals surface area (Å²) in [5, 5.41) is 5.15. The standard InChI is InChI=1S/C48H35N/c1-30-17-22-35(23-18-30)49(45-28-31(2)16-19-32(45)3)36-24-26-38-34(29-36)20-25-41-46-37-11-5-4-10-33(37)21-27-44(46)48(47(38)41)42-14-8-6-12-39(42)40-13-7-9-15-43(40)48/h4-29H,1-3H3. The molecule has 8 aromatic rings. The van der Waals surface area contributed by atoms with Gasteiger partial charge in [-0.15, -0.1) is 0 Å². The zero-order valence-electron chi connectivity index (χ0n) is 28.0. The Hall–Kier alpha value is -5.92. The van der Waals surface area contributed by atoms with Gasteiger partial charge in [0.05, 0.1) is 5.41 Å². The van der Waals surface area contributed by atoms with Gasteiger partial charge >= 0.3 is 0 Å². The first kappa shape index (κ1) is 28.1. The molecule has 0 heterocycles. The number of aryl methyl sites for hydroxylation is 3. The Kier molecular flexibility index (Phi) is 5.91. The summed E-state index contributed by atoms with van der Waals surface area (Å²) >= 11 is 0. The molecular formula is C48H35N. The van der Waals surface area contributed by atoms with Gasteiger partial charge in [0.25, 0.3) is 0 Å². The molecule has 0 aliphatic heterocycles. The number of hydrogen-bond donors (Lipinski definition) is 0. The van der Waals surface area contributed by atoms with Crippen molar-refractivity contribution in [1.29, 1.82) is 0 Å². The van der Waals surface area contributed by atoms with Crippen LogP contribution in [-0.4, -0.2) is 0 Å². The molecule has 1 spiro atoms. The highest BCUT2D eigenvalue weighted by Gasteiger charge is 2.52. The van der Waals surface area contributed by atoms with Crippen LogP contribution in [-0.2, 0) is 5.41 Å². The van der Waals surface area contributed by atoms with Crippen LogP contribution in [0.1, 0.15) is 38.9 Å².